The number of aliphatic hydroxyl groups is 1. The van der Waals surface area contributed by atoms with E-state index in [9.17, 15) is 5.11 Å². The van der Waals surface area contributed by atoms with Crippen molar-refractivity contribution in [2.24, 2.45) is 0 Å². The highest BCUT2D eigenvalue weighted by Crippen LogP contribution is 2.27. The second-order valence-electron chi connectivity index (χ2n) is 4.53. The quantitative estimate of drug-likeness (QED) is 0.760. The molecule has 0 aliphatic carbocycles. The van der Waals surface area contributed by atoms with Crippen molar-refractivity contribution < 1.29 is 5.11 Å². The lowest BCUT2D eigenvalue weighted by Crippen LogP contribution is -2.04. The molecule has 94 valence electrons. The van der Waals surface area contributed by atoms with Gasteiger partial charge in [-0.3, -0.25) is 9.97 Å². The summed E-state index contributed by atoms with van der Waals surface area (Å²) in [6, 6.07) is 15.3. The van der Waals surface area contributed by atoms with Crippen molar-refractivity contribution in [3.63, 3.8) is 0 Å². The normalized spacial score (nSPS) is 12.5. The Hall–Kier alpha value is -2.26. The number of hydrogen-bond donors (Lipinski definition) is 1. The van der Waals surface area contributed by atoms with Crippen molar-refractivity contribution >= 4 is 10.9 Å². The van der Waals surface area contributed by atoms with Crippen molar-refractivity contribution in [3.8, 4) is 0 Å². The Morgan fingerprint density at radius 3 is 2.63 bits per heavy atom. The molecule has 2 aromatic heterocycles. The fourth-order valence-corrected chi connectivity index (χ4v) is 2.26. The third-order valence-corrected chi connectivity index (χ3v) is 3.14. The van der Waals surface area contributed by atoms with Crippen LogP contribution in [0, 0.1) is 6.92 Å². The van der Waals surface area contributed by atoms with E-state index in [4.69, 9.17) is 0 Å². The first-order valence-corrected chi connectivity index (χ1v) is 6.21. The number of para-hydroxylation sites is 1. The SMILES string of the molecule is Cc1cc([C@@H](O)c2ccccn2)c2ccccc2n1. The molecule has 0 radical (unpaired) electrons. The van der Waals surface area contributed by atoms with Gasteiger partial charge in [-0.2, -0.15) is 0 Å². The Morgan fingerprint density at radius 2 is 1.84 bits per heavy atom. The summed E-state index contributed by atoms with van der Waals surface area (Å²) in [4.78, 5) is 8.70. The largest absolute Gasteiger partial charge is 0.382 e. The topological polar surface area (TPSA) is 46.0 Å². The number of aliphatic hydroxyl groups excluding tert-OH is 1. The van der Waals surface area contributed by atoms with E-state index in [-0.39, 0.29) is 0 Å². The lowest BCUT2D eigenvalue weighted by molar-refractivity contribution is 0.217. The number of hydrogen-bond acceptors (Lipinski definition) is 3. The van der Waals surface area contributed by atoms with Crippen LogP contribution in [-0.2, 0) is 0 Å². The number of benzene rings is 1. The van der Waals surface area contributed by atoms with Gasteiger partial charge in [0.05, 0.1) is 11.2 Å². The van der Waals surface area contributed by atoms with E-state index >= 15 is 0 Å². The van der Waals surface area contributed by atoms with Gasteiger partial charge in [0.15, 0.2) is 0 Å². The van der Waals surface area contributed by atoms with E-state index in [2.05, 4.69) is 9.97 Å². The van der Waals surface area contributed by atoms with E-state index < -0.39 is 6.10 Å². The number of nitrogens with zero attached hydrogens (tertiary/aromatic N) is 2. The standard InChI is InChI=1S/C16H14N2O/c1-11-10-13(12-6-2-3-7-14(12)18-11)16(19)15-8-4-5-9-17-15/h2-10,16,19H,1H3/t16-/m1/s1. The summed E-state index contributed by atoms with van der Waals surface area (Å²) in [7, 11) is 0. The van der Waals surface area contributed by atoms with Gasteiger partial charge >= 0.3 is 0 Å². The van der Waals surface area contributed by atoms with Crippen molar-refractivity contribution in [2.75, 3.05) is 0 Å². The number of aromatic nitrogens is 2. The first-order valence-electron chi connectivity index (χ1n) is 6.21. The molecule has 1 aromatic carbocycles. The van der Waals surface area contributed by atoms with Gasteiger partial charge in [-0.05, 0) is 36.8 Å². The maximum atomic E-state index is 10.5. The number of pyridine rings is 2. The molecular formula is C16H14N2O. The molecule has 0 saturated carbocycles. The minimum absolute atomic E-state index is 0.651. The molecule has 3 aromatic rings. The third kappa shape index (κ3) is 2.20. The summed E-state index contributed by atoms with van der Waals surface area (Å²) in [5, 5.41) is 11.5. The molecule has 1 N–H and O–H groups in total. The van der Waals surface area contributed by atoms with Crippen LogP contribution in [0.5, 0.6) is 0 Å². The maximum Gasteiger partial charge on any atom is 0.122 e. The van der Waals surface area contributed by atoms with Gasteiger partial charge in [0.25, 0.3) is 0 Å². The van der Waals surface area contributed by atoms with Crippen LogP contribution >= 0.6 is 0 Å². The van der Waals surface area contributed by atoms with E-state index in [1.165, 1.54) is 0 Å². The summed E-state index contributed by atoms with van der Waals surface area (Å²) in [6.45, 7) is 1.93. The van der Waals surface area contributed by atoms with Crippen LogP contribution in [0.2, 0.25) is 0 Å². The molecule has 3 heteroatoms. The first-order chi connectivity index (χ1) is 9.25. The van der Waals surface area contributed by atoms with Gasteiger partial charge in [-0.1, -0.05) is 24.3 Å². The molecule has 3 nitrogen and oxygen atoms in total. The second-order valence-corrected chi connectivity index (χ2v) is 4.53. The van der Waals surface area contributed by atoms with Gasteiger partial charge in [0.2, 0.25) is 0 Å². The maximum absolute atomic E-state index is 10.5. The van der Waals surface area contributed by atoms with Crippen LogP contribution in [0.15, 0.2) is 54.7 Å². The molecule has 2 heterocycles. The highest BCUT2D eigenvalue weighted by Gasteiger charge is 2.15. The smallest absolute Gasteiger partial charge is 0.122 e. The Labute approximate surface area is 111 Å². The van der Waals surface area contributed by atoms with Gasteiger partial charge in [-0.15, -0.1) is 0 Å². The number of rotatable bonds is 2. The highest BCUT2D eigenvalue weighted by atomic mass is 16.3. The summed E-state index contributed by atoms with van der Waals surface area (Å²) >= 11 is 0. The summed E-state index contributed by atoms with van der Waals surface area (Å²) in [6.07, 6.45) is 0.960. The molecule has 1 atom stereocenters. The number of fused-ring (bicyclic) bond motifs is 1. The Balaban J connectivity index is 2.19. The average Bonchev–Trinajstić information content (AvgIpc) is 2.46. The molecule has 0 saturated heterocycles. The van der Waals surface area contributed by atoms with Crippen molar-refractivity contribution in [3.05, 3.63) is 71.7 Å². The zero-order chi connectivity index (χ0) is 13.2. The van der Waals surface area contributed by atoms with Gasteiger partial charge < -0.3 is 5.11 Å². The Bertz CT molecular complexity index is 710. The minimum Gasteiger partial charge on any atom is -0.382 e. The minimum atomic E-state index is -0.729. The average molecular weight is 250 g/mol. The molecule has 0 amide bonds. The molecule has 19 heavy (non-hydrogen) atoms. The van der Waals surface area contributed by atoms with Crippen LogP contribution in [-0.4, -0.2) is 15.1 Å². The first kappa shape index (κ1) is 11.8. The van der Waals surface area contributed by atoms with Gasteiger partial charge in [0, 0.05) is 17.3 Å². The van der Waals surface area contributed by atoms with E-state index in [0.717, 1.165) is 22.2 Å². The van der Waals surface area contributed by atoms with Gasteiger partial charge in [0.1, 0.15) is 6.10 Å². The molecule has 3 rings (SSSR count). The van der Waals surface area contributed by atoms with Crippen LogP contribution in [0.3, 0.4) is 0 Å². The van der Waals surface area contributed by atoms with Crippen molar-refractivity contribution in [2.45, 2.75) is 13.0 Å². The van der Waals surface area contributed by atoms with E-state index in [1.54, 1.807) is 6.20 Å². The molecule has 0 aliphatic rings. The highest BCUT2D eigenvalue weighted by molar-refractivity contribution is 5.83. The van der Waals surface area contributed by atoms with Crippen molar-refractivity contribution in [1.29, 1.82) is 0 Å². The zero-order valence-corrected chi connectivity index (χ0v) is 10.6. The van der Waals surface area contributed by atoms with E-state index in [0.29, 0.717) is 5.69 Å². The summed E-state index contributed by atoms with van der Waals surface area (Å²) in [5.74, 6) is 0. The zero-order valence-electron chi connectivity index (χ0n) is 10.6. The monoisotopic (exact) mass is 250 g/mol. The second kappa shape index (κ2) is 4.78. The molecule has 0 spiro atoms. The number of aryl methyl sites for hydroxylation is 1. The van der Waals surface area contributed by atoms with Crippen LogP contribution in [0.25, 0.3) is 10.9 Å². The molecular weight excluding hydrogens is 236 g/mol. The lowest BCUT2D eigenvalue weighted by Gasteiger charge is -2.14. The molecule has 0 unspecified atom stereocenters. The predicted molar refractivity (Wildman–Crippen MR) is 74.8 cm³/mol. The van der Waals surface area contributed by atoms with Crippen LogP contribution < -0.4 is 0 Å². The van der Waals surface area contributed by atoms with Gasteiger partial charge in [-0.25, -0.2) is 0 Å². The molecule has 0 bridgehead atoms. The van der Waals surface area contributed by atoms with E-state index in [1.807, 2.05) is 55.5 Å². The lowest BCUT2D eigenvalue weighted by atomic mass is 10.0. The fourth-order valence-electron chi connectivity index (χ4n) is 2.26. The van der Waals surface area contributed by atoms with Crippen LogP contribution in [0.4, 0.5) is 0 Å². The summed E-state index contributed by atoms with van der Waals surface area (Å²) in [5.41, 5.74) is 3.29. The molecule has 0 aliphatic heterocycles. The fraction of sp³-hybridized carbons (Fsp3) is 0.125. The Morgan fingerprint density at radius 1 is 1.05 bits per heavy atom. The third-order valence-electron chi connectivity index (χ3n) is 3.14. The summed E-state index contributed by atoms with van der Waals surface area (Å²) < 4.78 is 0. The van der Waals surface area contributed by atoms with Crippen molar-refractivity contribution in [1.82, 2.24) is 9.97 Å². The van der Waals surface area contributed by atoms with Crippen LogP contribution in [0.1, 0.15) is 23.1 Å². The molecule has 0 fully saturated rings. The predicted octanol–water partition coefficient (Wildman–Crippen LogP) is 3.02. The Kier molecular flexibility index (Phi) is 2.97.